The van der Waals surface area contributed by atoms with E-state index in [1.807, 2.05) is 23.6 Å². The molecule has 0 aliphatic rings. The molecule has 3 aromatic rings. The van der Waals surface area contributed by atoms with Gasteiger partial charge in [0.25, 0.3) is 0 Å². The normalized spacial score (nSPS) is 11.2. The molecule has 1 aromatic carbocycles. The van der Waals surface area contributed by atoms with Gasteiger partial charge in [-0.2, -0.15) is 4.98 Å². The number of halogens is 2. The zero-order chi connectivity index (χ0) is 20.5. The second-order valence-electron chi connectivity index (χ2n) is 6.25. The van der Waals surface area contributed by atoms with Gasteiger partial charge in [-0.15, -0.1) is 34.2 Å². The molecule has 0 spiro atoms. The van der Waals surface area contributed by atoms with E-state index in [0.717, 1.165) is 43.4 Å². The summed E-state index contributed by atoms with van der Waals surface area (Å²) in [7, 11) is 0. The third kappa shape index (κ3) is 6.94. The fraction of sp³-hybridized carbons (Fsp3) is 0.421. The summed E-state index contributed by atoms with van der Waals surface area (Å²) >= 11 is 5.91. The van der Waals surface area contributed by atoms with Crippen molar-refractivity contribution in [1.82, 2.24) is 35.5 Å². The number of aromatic nitrogens is 5. The molecule has 9 nitrogen and oxygen atoms in total. The first kappa shape index (κ1) is 24.1. The quantitative estimate of drug-likeness (QED) is 0.242. The lowest BCUT2D eigenvalue weighted by Crippen LogP contribution is -2.39. The van der Waals surface area contributed by atoms with Crippen molar-refractivity contribution in [2.75, 3.05) is 19.6 Å². The average molecular weight is 545 g/mol. The van der Waals surface area contributed by atoms with E-state index in [2.05, 4.69) is 42.9 Å². The molecular formula is C19H26ClIN8O. The van der Waals surface area contributed by atoms with E-state index in [0.29, 0.717) is 29.7 Å². The molecule has 162 valence electrons. The molecule has 0 atom stereocenters. The third-order valence-electron chi connectivity index (χ3n) is 4.17. The number of aryl methyl sites for hydroxylation is 1. The highest BCUT2D eigenvalue weighted by Crippen LogP contribution is 2.18. The minimum absolute atomic E-state index is 0. The summed E-state index contributed by atoms with van der Waals surface area (Å²) in [6.45, 7) is 6.90. The SMILES string of the molecule is CCNC(=NCCc1nc(-c2ccc(Cl)cc2)no1)NCCn1cnnc1CC.I. The Morgan fingerprint density at radius 2 is 2.00 bits per heavy atom. The number of benzene rings is 1. The van der Waals surface area contributed by atoms with Crippen molar-refractivity contribution in [2.45, 2.75) is 33.2 Å². The summed E-state index contributed by atoms with van der Waals surface area (Å²) in [4.78, 5) is 8.99. The zero-order valence-corrected chi connectivity index (χ0v) is 20.1. The Kier molecular flexibility index (Phi) is 10.0. The first-order chi connectivity index (χ1) is 14.2. The molecule has 30 heavy (non-hydrogen) atoms. The van der Waals surface area contributed by atoms with Crippen LogP contribution in [-0.4, -0.2) is 50.5 Å². The summed E-state index contributed by atoms with van der Waals surface area (Å²) in [6.07, 6.45) is 3.16. The Morgan fingerprint density at radius 1 is 1.20 bits per heavy atom. The lowest BCUT2D eigenvalue weighted by molar-refractivity contribution is 0.380. The average Bonchev–Trinajstić information content (AvgIpc) is 3.38. The molecule has 2 aromatic heterocycles. The molecule has 0 radical (unpaired) electrons. The van der Waals surface area contributed by atoms with Crippen LogP contribution in [0, 0.1) is 0 Å². The van der Waals surface area contributed by atoms with Gasteiger partial charge in [-0.05, 0) is 31.2 Å². The number of aliphatic imine (C=N–C) groups is 1. The molecule has 0 aliphatic carbocycles. The van der Waals surface area contributed by atoms with E-state index in [1.54, 1.807) is 18.5 Å². The first-order valence-electron chi connectivity index (χ1n) is 9.67. The maximum Gasteiger partial charge on any atom is 0.228 e. The van der Waals surface area contributed by atoms with E-state index in [-0.39, 0.29) is 24.0 Å². The molecule has 0 saturated carbocycles. The van der Waals surface area contributed by atoms with E-state index >= 15 is 0 Å². The van der Waals surface area contributed by atoms with E-state index in [1.165, 1.54) is 0 Å². The van der Waals surface area contributed by atoms with Crippen LogP contribution in [0.4, 0.5) is 0 Å². The van der Waals surface area contributed by atoms with Crippen LogP contribution in [0.15, 0.2) is 40.1 Å². The summed E-state index contributed by atoms with van der Waals surface area (Å²) in [5.41, 5.74) is 0.864. The fourth-order valence-corrected chi connectivity index (χ4v) is 2.84. The van der Waals surface area contributed by atoms with Crippen molar-refractivity contribution in [2.24, 2.45) is 4.99 Å². The van der Waals surface area contributed by atoms with Crippen molar-refractivity contribution in [3.8, 4) is 11.4 Å². The second-order valence-corrected chi connectivity index (χ2v) is 6.69. The highest BCUT2D eigenvalue weighted by Gasteiger charge is 2.08. The molecule has 0 bridgehead atoms. The predicted octanol–water partition coefficient (Wildman–Crippen LogP) is 2.96. The fourth-order valence-electron chi connectivity index (χ4n) is 2.71. The topological polar surface area (TPSA) is 106 Å². The summed E-state index contributed by atoms with van der Waals surface area (Å²) in [5, 5.41) is 19.3. The van der Waals surface area contributed by atoms with Crippen LogP contribution >= 0.6 is 35.6 Å². The standard InChI is InChI=1S/C19H25ClN8O.HI/c1-3-16-26-24-13-28(16)12-11-23-19(21-4-2)22-10-9-17-25-18(27-29-17)14-5-7-15(20)8-6-14;/h5-8,13H,3-4,9-12H2,1-2H3,(H2,21,22,23);1H. The second kappa shape index (κ2) is 12.5. The smallest absolute Gasteiger partial charge is 0.228 e. The Balaban J connectivity index is 0.00000320. The molecule has 0 aliphatic heterocycles. The third-order valence-corrected chi connectivity index (χ3v) is 4.42. The number of hydrogen-bond acceptors (Lipinski definition) is 6. The highest BCUT2D eigenvalue weighted by atomic mass is 127. The van der Waals surface area contributed by atoms with E-state index < -0.39 is 0 Å². The van der Waals surface area contributed by atoms with Gasteiger partial charge in [-0.25, -0.2) is 0 Å². The van der Waals surface area contributed by atoms with Crippen molar-refractivity contribution in [1.29, 1.82) is 0 Å². The van der Waals surface area contributed by atoms with Crippen molar-refractivity contribution in [3.05, 3.63) is 47.3 Å². The Bertz CT molecular complexity index is 925. The van der Waals surface area contributed by atoms with Gasteiger partial charge in [-0.3, -0.25) is 4.99 Å². The van der Waals surface area contributed by atoms with Crippen molar-refractivity contribution in [3.63, 3.8) is 0 Å². The predicted molar refractivity (Wildman–Crippen MR) is 127 cm³/mol. The van der Waals surface area contributed by atoms with E-state index in [4.69, 9.17) is 16.1 Å². The molecule has 0 fully saturated rings. The van der Waals surface area contributed by atoms with Crippen LogP contribution in [0.5, 0.6) is 0 Å². The molecule has 0 unspecified atom stereocenters. The molecule has 2 N–H and O–H groups in total. The van der Waals surface area contributed by atoms with Crippen LogP contribution in [0.3, 0.4) is 0 Å². The number of hydrogen-bond donors (Lipinski definition) is 2. The van der Waals surface area contributed by atoms with Crippen LogP contribution in [0.25, 0.3) is 11.4 Å². The number of nitrogens with zero attached hydrogens (tertiary/aromatic N) is 6. The van der Waals surface area contributed by atoms with E-state index in [9.17, 15) is 0 Å². The minimum atomic E-state index is 0. The van der Waals surface area contributed by atoms with Gasteiger partial charge in [0, 0.05) is 43.1 Å². The van der Waals surface area contributed by atoms with Gasteiger partial charge in [0.05, 0.1) is 6.54 Å². The van der Waals surface area contributed by atoms with Gasteiger partial charge in [0.15, 0.2) is 5.96 Å². The molecule has 3 rings (SSSR count). The molecular weight excluding hydrogens is 519 g/mol. The highest BCUT2D eigenvalue weighted by molar-refractivity contribution is 14.0. The Labute approximate surface area is 197 Å². The largest absolute Gasteiger partial charge is 0.357 e. The first-order valence-corrected chi connectivity index (χ1v) is 10.0. The molecule has 0 saturated heterocycles. The Morgan fingerprint density at radius 3 is 2.73 bits per heavy atom. The number of nitrogens with one attached hydrogen (secondary N) is 2. The van der Waals surface area contributed by atoms with Gasteiger partial charge >= 0.3 is 0 Å². The minimum Gasteiger partial charge on any atom is -0.357 e. The van der Waals surface area contributed by atoms with Crippen LogP contribution in [-0.2, 0) is 19.4 Å². The van der Waals surface area contributed by atoms with Crippen LogP contribution in [0.2, 0.25) is 5.02 Å². The zero-order valence-electron chi connectivity index (χ0n) is 17.0. The maximum absolute atomic E-state index is 5.91. The lowest BCUT2D eigenvalue weighted by atomic mass is 10.2. The van der Waals surface area contributed by atoms with Gasteiger partial charge < -0.3 is 19.7 Å². The van der Waals surface area contributed by atoms with Crippen molar-refractivity contribution >= 4 is 41.5 Å². The number of rotatable bonds is 9. The van der Waals surface area contributed by atoms with Crippen molar-refractivity contribution < 1.29 is 4.52 Å². The molecule has 11 heteroatoms. The summed E-state index contributed by atoms with van der Waals surface area (Å²) in [5.74, 6) is 2.82. The summed E-state index contributed by atoms with van der Waals surface area (Å²) in [6, 6.07) is 7.33. The van der Waals surface area contributed by atoms with Gasteiger partial charge in [-0.1, -0.05) is 23.7 Å². The lowest BCUT2D eigenvalue weighted by Gasteiger charge is -2.12. The van der Waals surface area contributed by atoms with Gasteiger partial charge in [0.1, 0.15) is 12.2 Å². The van der Waals surface area contributed by atoms with Crippen LogP contribution < -0.4 is 10.6 Å². The van der Waals surface area contributed by atoms with Gasteiger partial charge in [0.2, 0.25) is 11.7 Å². The monoisotopic (exact) mass is 544 g/mol. The maximum atomic E-state index is 5.91. The number of guanidine groups is 1. The summed E-state index contributed by atoms with van der Waals surface area (Å²) < 4.78 is 7.36. The molecule has 2 heterocycles. The molecule has 0 amide bonds. The van der Waals surface area contributed by atoms with Crippen LogP contribution in [0.1, 0.15) is 25.6 Å². The Hall–Kier alpha value is -2.21.